The van der Waals surface area contributed by atoms with Crippen LogP contribution < -0.4 is 9.47 Å². The van der Waals surface area contributed by atoms with Gasteiger partial charge in [0, 0.05) is 24.0 Å². The fourth-order valence-corrected chi connectivity index (χ4v) is 4.06. The van der Waals surface area contributed by atoms with Gasteiger partial charge in [0.15, 0.2) is 0 Å². The molecule has 4 rings (SSSR count). The SMILES string of the molecule is CC(C(=O)C(C)c1ccc(OCc2ccccc2)cc1F)c1ccc(OCc2ccccc2)cc1F. The largest absolute Gasteiger partial charge is 0.489 e. The fraction of sp³-hybridized carbons (Fsp3) is 0.194. The van der Waals surface area contributed by atoms with Gasteiger partial charge in [-0.3, -0.25) is 4.79 Å². The molecule has 0 aliphatic rings. The Hall–Kier alpha value is -3.99. The van der Waals surface area contributed by atoms with Gasteiger partial charge in [0.05, 0.1) is 0 Å². The van der Waals surface area contributed by atoms with Crippen LogP contribution in [-0.2, 0) is 18.0 Å². The van der Waals surface area contributed by atoms with Crippen LogP contribution in [0.15, 0.2) is 97.1 Å². The summed E-state index contributed by atoms with van der Waals surface area (Å²) < 4.78 is 41.1. The van der Waals surface area contributed by atoms with Crippen LogP contribution in [-0.4, -0.2) is 5.78 Å². The molecule has 2 unspecified atom stereocenters. The first-order valence-electron chi connectivity index (χ1n) is 11.9. The summed E-state index contributed by atoms with van der Waals surface area (Å²) in [6.45, 7) is 3.90. The van der Waals surface area contributed by atoms with Crippen molar-refractivity contribution in [1.82, 2.24) is 0 Å². The van der Waals surface area contributed by atoms with E-state index in [2.05, 4.69) is 0 Å². The molecule has 0 aliphatic carbocycles. The molecule has 0 bridgehead atoms. The van der Waals surface area contributed by atoms with E-state index < -0.39 is 23.5 Å². The first kappa shape index (κ1) is 25.1. The summed E-state index contributed by atoms with van der Waals surface area (Å²) >= 11 is 0. The van der Waals surface area contributed by atoms with Crippen molar-refractivity contribution in [3.05, 3.63) is 131 Å². The minimum Gasteiger partial charge on any atom is -0.489 e. The van der Waals surface area contributed by atoms with Crippen molar-refractivity contribution in [3.8, 4) is 11.5 Å². The van der Waals surface area contributed by atoms with Crippen molar-refractivity contribution in [2.75, 3.05) is 0 Å². The van der Waals surface area contributed by atoms with E-state index in [4.69, 9.17) is 9.47 Å². The zero-order chi connectivity index (χ0) is 25.5. The molecule has 0 aliphatic heterocycles. The molecule has 0 amide bonds. The minimum atomic E-state index is -0.753. The molecule has 36 heavy (non-hydrogen) atoms. The van der Waals surface area contributed by atoms with E-state index in [1.54, 1.807) is 38.1 Å². The molecule has 184 valence electrons. The molecule has 3 nitrogen and oxygen atoms in total. The van der Waals surface area contributed by atoms with Crippen LogP contribution in [0.4, 0.5) is 8.78 Å². The second-order valence-corrected chi connectivity index (χ2v) is 8.76. The average molecular weight is 487 g/mol. The molecular weight excluding hydrogens is 458 g/mol. The number of carbonyl (C=O) groups is 1. The van der Waals surface area contributed by atoms with E-state index in [1.807, 2.05) is 60.7 Å². The maximum absolute atomic E-state index is 14.9. The topological polar surface area (TPSA) is 35.5 Å². The number of hydrogen-bond donors (Lipinski definition) is 0. The van der Waals surface area contributed by atoms with E-state index in [9.17, 15) is 13.6 Å². The van der Waals surface area contributed by atoms with Gasteiger partial charge in [0.25, 0.3) is 0 Å². The monoisotopic (exact) mass is 486 g/mol. The lowest BCUT2D eigenvalue weighted by Crippen LogP contribution is -2.18. The third-order valence-electron chi connectivity index (χ3n) is 6.23. The van der Waals surface area contributed by atoms with Gasteiger partial charge >= 0.3 is 0 Å². The third-order valence-corrected chi connectivity index (χ3v) is 6.23. The van der Waals surface area contributed by atoms with Crippen LogP contribution in [0.25, 0.3) is 0 Å². The molecule has 0 radical (unpaired) electrons. The van der Waals surface area contributed by atoms with Crippen molar-refractivity contribution in [3.63, 3.8) is 0 Å². The Kier molecular flexibility index (Phi) is 8.11. The summed E-state index contributed by atoms with van der Waals surface area (Å²) in [5, 5.41) is 0. The predicted molar refractivity (Wildman–Crippen MR) is 136 cm³/mol. The lowest BCUT2D eigenvalue weighted by atomic mass is 9.85. The Labute approximate surface area is 210 Å². The molecule has 0 aromatic heterocycles. The zero-order valence-corrected chi connectivity index (χ0v) is 20.3. The van der Waals surface area contributed by atoms with Gasteiger partial charge in [0.1, 0.15) is 42.1 Å². The second kappa shape index (κ2) is 11.6. The number of ketones is 1. The van der Waals surface area contributed by atoms with Gasteiger partial charge in [-0.2, -0.15) is 0 Å². The Balaban J connectivity index is 1.40. The molecule has 2 atom stereocenters. The zero-order valence-electron chi connectivity index (χ0n) is 20.3. The highest BCUT2D eigenvalue weighted by molar-refractivity contribution is 5.91. The van der Waals surface area contributed by atoms with Crippen LogP contribution in [0.2, 0.25) is 0 Å². The Morgan fingerprint density at radius 2 is 1.03 bits per heavy atom. The highest BCUT2D eigenvalue weighted by Gasteiger charge is 2.27. The molecule has 0 N–H and O–H groups in total. The summed E-state index contributed by atoms with van der Waals surface area (Å²) in [7, 11) is 0. The molecule has 4 aromatic rings. The molecular formula is C31H28F2O3. The Bertz CT molecular complexity index is 1210. The predicted octanol–water partition coefficient (Wildman–Crippen LogP) is 7.60. The van der Waals surface area contributed by atoms with E-state index >= 15 is 0 Å². The van der Waals surface area contributed by atoms with Crippen LogP contribution >= 0.6 is 0 Å². The summed E-state index contributed by atoms with van der Waals surface area (Å²) in [6.07, 6.45) is 0. The number of ether oxygens (including phenoxy) is 2. The van der Waals surface area contributed by atoms with Crippen LogP contribution in [0.3, 0.4) is 0 Å². The van der Waals surface area contributed by atoms with Crippen molar-refractivity contribution in [2.45, 2.75) is 38.9 Å². The number of halogens is 2. The first-order valence-corrected chi connectivity index (χ1v) is 11.9. The Morgan fingerprint density at radius 1 is 0.639 bits per heavy atom. The summed E-state index contributed by atoms with van der Waals surface area (Å²) in [6, 6.07) is 28.1. The van der Waals surface area contributed by atoms with Gasteiger partial charge in [0.2, 0.25) is 0 Å². The van der Waals surface area contributed by atoms with Gasteiger partial charge in [-0.25, -0.2) is 8.78 Å². The van der Waals surface area contributed by atoms with Crippen LogP contribution in [0.1, 0.15) is 47.9 Å². The molecule has 0 saturated carbocycles. The summed E-state index contributed by atoms with van der Waals surface area (Å²) in [4.78, 5) is 13.1. The van der Waals surface area contributed by atoms with Crippen LogP contribution in [0, 0.1) is 11.6 Å². The van der Waals surface area contributed by atoms with Gasteiger partial charge in [-0.15, -0.1) is 0 Å². The average Bonchev–Trinajstić information content (AvgIpc) is 2.91. The fourth-order valence-electron chi connectivity index (χ4n) is 4.06. The number of rotatable bonds is 10. The Morgan fingerprint density at radius 3 is 1.39 bits per heavy atom. The van der Waals surface area contributed by atoms with Gasteiger partial charge in [-0.05, 0) is 34.4 Å². The lowest BCUT2D eigenvalue weighted by molar-refractivity contribution is -0.121. The summed E-state index contributed by atoms with van der Waals surface area (Å²) in [5.41, 5.74) is 2.44. The quantitative estimate of drug-likeness (QED) is 0.232. The van der Waals surface area contributed by atoms with Gasteiger partial charge in [-0.1, -0.05) is 86.6 Å². The molecule has 0 heterocycles. The standard InChI is InChI=1S/C31H28F2O3/c1-21(27-15-13-25(17-29(27)32)35-19-23-9-5-3-6-10-23)31(34)22(2)28-16-14-26(18-30(28)33)36-20-24-11-7-4-8-12-24/h3-18,21-22H,19-20H2,1-2H3. The lowest BCUT2D eigenvalue weighted by Gasteiger charge is -2.19. The summed E-state index contributed by atoms with van der Waals surface area (Å²) in [5.74, 6) is -2.08. The smallest absolute Gasteiger partial charge is 0.147 e. The minimum absolute atomic E-state index is 0.252. The van der Waals surface area contributed by atoms with E-state index in [0.29, 0.717) is 24.7 Å². The number of hydrogen-bond acceptors (Lipinski definition) is 3. The molecule has 5 heteroatoms. The van der Waals surface area contributed by atoms with Crippen molar-refractivity contribution < 1.29 is 23.0 Å². The highest BCUT2D eigenvalue weighted by atomic mass is 19.1. The van der Waals surface area contributed by atoms with Crippen LogP contribution in [0.5, 0.6) is 11.5 Å². The highest BCUT2D eigenvalue weighted by Crippen LogP contribution is 2.32. The normalized spacial score (nSPS) is 12.6. The number of benzene rings is 4. The van der Waals surface area contributed by atoms with Crippen molar-refractivity contribution >= 4 is 5.78 Å². The molecule has 0 spiro atoms. The molecule has 0 saturated heterocycles. The maximum atomic E-state index is 14.9. The molecule has 0 fully saturated rings. The maximum Gasteiger partial charge on any atom is 0.147 e. The first-order chi connectivity index (χ1) is 17.4. The van der Waals surface area contributed by atoms with Crippen molar-refractivity contribution in [1.29, 1.82) is 0 Å². The van der Waals surface area contributed by atoms with E-state index in [0.717, 1.165) is 11.1 Å². The number of Topliss-reactive ketones (excluding diaryl/α,β-unsaturated/α-hetero) is 1. The number of carbonyl (C=O) groups excluding carboxylic acids is 1. The third kappa shape index (κ3) is 6.16. The van der Waals surface area contributed by atoms with E-state index in [1.165, 1.54) is 12.1 Å². The van der Waals surface area contributed by atoms with E-state index in [-0.39, 0.29) is 16.9 Å². The molecule has 4 aromatic carbocycles. The second-order valence-electron chi connectivity index (χ2n) is 8.76. The van der Waals surface area contributed by atoms with Crippen molar-refractivity contribution in [2.24, 2.45) is 0 Å². The van der Waals surface area contributed by atoms with Gasteiger partial charge < -0.3 is 9.47 Å².